The molecule has 0 heterocycles. The lowest BCUT2D eigenvalue weighted by Gasteiger charge is -2.38. The SMILES string of the molecule is CCCCCCCCP(CCCCCC)CCCCCCCC.CCCCCCP.CCCCCCP(C1CCCCC1)C1CCCCC1.CCCCCCP(c1ccccc1)c1ccccc1. The van der Waals surface area contributed by atoms with Gasteiger partial charge in [-0.2, -0.15) is 0 Å². The summed E-state index contributed by atoms with van der Waals surface area (Å²) >= 11 is 0. The van der Waals surface area contributed by atoms with Gasteiger partial charge in [0.2, 0.25) is 0 Å². The molecule has 0 aromatic heterocycles. The summed E-state index contributed by atoms with van der Waals surface area (Å²) in [6.07, 6.45) is 65.0. The lowest BCUT2D eigenvalue weighted by Crippen LogP contribution is -2.22. The van der Waals surface area contributed by atoms with Gasteiger partial charge in [-0.1, -0.05) is 282 Å². The molecule has 0 aliphatic heterocycles. The molecule has 0 radical (unpaired) electrons. The standard InChI is InChI=1S/C22H47P.C18H35P.C18H23P.C6H15P/c1-4-7-10-13-15-18-21-23(20-17-12-9-6-3)22-19-16-14-11-8-5-2;2*1-2-3-4-11-16-19(17-12-7-5-8-13-17)18-14-9-6-10-15-18;1-2-3-4-5-6-7/h4-22H2,1-3H3;17-18H,2-16H2,1H3;5-10,12-15H,2-4,11,16H2,1H3;2-7H2,1H3. The van der Waals surface area contributed by atoms with Crippen molar-refractivity contribution in [2.75, 3.05) is 37.0 Å². The minimum Gasteiger partial charge on any atom is -0.138 e. The second-order valence-electron chi connectivity index (χ2n) is 21.1. The molecule has 1 atom stereocenters. The van der Waals surface area contributed by atoms with E-state index in [4.69, 9.17) is 0 Å². The topological polar surface area (TPSA) is 0 Å². The highest BCUT2D eigenvalue weighted by Crippen LogP contribution is 2.56. The largest absolute Gasteiger partial charge is 0.138 e. The third-order valence-corrected chi connectivity index (χ3v) is 24.4. The highest BCUT2D eigenvalue weighted by atomic mass is 31.1. The van der Waals surface area contributed by atoms with Gasteiger partial charge in [-0.25, -0.2) is 0 Å². The molecular formula is C64H120P4. The maximum Gasteiger partial charge on any atom is -0.0195 e. The van der Waals surface area contributed by atoms with Crippen molar-refractivity contribution in [2.45, 2.75) is 297 Å². The Morgan fingerprint density at radius 1 is 0.338 bits per heavy atom. The molecule has 68 heavy (non-hydrogen) atoms. The van der Waals surface area contributed by atoms with Gasteiger partial charge < -0.3 is 0 Å². The molecule has 396 valence electrons. The summed E-state index contributed by atoms with van der Waals surface area (Å²) in [5.41, 5.74) is 2.35. The van der Waals surface area contributed by atoms with Gasteiger partial charge >= 0.3 is 0 Å². The fourth-order valence-electron chi connectivity index (χ4n) is 10.4. The van der Waals surface area contributed by atoms with Crippen LogP contribution in [0.15, 0.2) is 60.7 Å². The van der Waals surface area contributed by atoms with Gasteiger partial charge in [0.25, 0.3) is 0 Å². The molecule has 0 amide bonds. The van der Waals surface area contributed by atoms with Crippen LogP contribution >= 0.6 is 33.0 Å². The molecule has 2 aliphatic rings. The van der Waals surface area contributed by atoms with E-state index in [1.54, 1.807) is 82.4 Å². The van der Waals surface area contributed by atoms with E-state index in [9.17, 15) is 0 Å². The lowest BCUT2D eigenvalue weighted by molar-refractivity contribution is 0.483. The minimum absolute atomic E-state index is 0.167. The first-order valence-corrected chi connectivity index (χ1v) is 36.6. The molecule has 0 spiro atoms. The molecular weight excluding hydrogens is 893 g/mol. The van der Waals surface area contributed by atoms with Crippen LogP contribution in [-0.4, -0.2) is 48.3 Å². The third kappa shape index (κ3) is 37.8. The summed E-state index contributed by atoms with van der Waals surface area (Å²) in [5.74, 6) is 0. The number of rotatable bonds is 37. The normalized spacial score (nSPS) is 14.3. The number of hydrogen-bond donors (Lipinski definition) is 0. The van der Waals surface area contributed by atoms with Crippen molar-refractivity contribution < 1.29 is 0 Å². The van der Waals surface area contributed by atoms with Gasteiger partial charge in [-0.05, 0) is 131 Å². The zero-order valence-electron chi connectivity index (χ0n) is 47.0. The number of unbranched alkanes of at least 4 members (excludes halogenated alkanes) is 22. The van der Waals surface area contributed by atoms with Crippen LogP contribution in [0.25, 0.3) is 0 Å². The van der Waals surface area contributed by atoms with Crippen molar-refractivity contribution in [1.82, 2.24) is 0 Å². The van der Waals surface area contributed by atoms with Gasteiger partial charge in [0.05, 0.1) is 0 Å². The molecule has 4 heteroatoms. The predicted molar refractivity (Wildman–Crippen MR) is 329 cm³/mol. The van der Waals surface area contributed by atoms with Gasteiger partial charge in [0, 0.05) is 0 Å². The molecule has 1 unspecified atom stereocenters. The molecule has 0 saturated heterocycles. The Balaban J connectivity index is 0.000000477. The Morgan fingerprint density at radius 3 is 0.985 bits per heavy atom. The monoisotopic (exact) mass is 1010 g/mol. The summed E-state index contributed by atoms with van der Waals surface area (Å²) in [6, 6.07) is 22.0. The maximum atomic E-state index is 2.75. The Hall–Kier alpha value is 0.160. The zero-order valence-corrected chi connectivity index (χ0v) is 50.8. The van der Waals surface area contributed by atoms with Crippen molar-refractivity contribution in [2.24, 2.45) is 0 Å². The first-order chi connectivity index (χ1) is 33.6. The molecule has 0 N–H and O–H groups in total. The van der Waals surface area contributed by atoms with Crippen LogP contribution in [-0.2, 0) is 0 Å². The highest BCUT2D eigenvalue weighted by molar-refractivity contribution is 7.73. The number of benzene rings is 2. The summed E-state index contributed by atoms with van der Waals surface area (Å²) in [5, 5.41) is 3.03. The van der Waals surface area contributed by atoms with Crippen LogP contribution in [0.1, 0.15) is 286 Å². The zero-order chi connectivity index (χ0) is 49.2. The van der Waals surface area contributed by atoms with Gasteiger partial charge in [-0.15, -0.1) is 25.1 Å². The average Bonchev–Trinajstić information content (AvgIpc) is 3.39. The van der Waals surface area contributed by atoms with E-state index in [0.29, 0.717) is 15.8 Å². The lowest BCUT2D eigenvalue weighted by atomic mass is 9.99. The second-order valence-corrected chi connectivity index (χ2v) is 29.6. The van der Waals surface area contributed by atoms with Crippen molar-refractivity contribution in [3.05, 3.63) is 60.7 Å². The molecule has 2 fully saturated rings. The molecule has 0 bridgehead atoms. The van der Waals surface area contributed by atoms with Crippen molar-refractivity contribution in [3.8, 4) is 0 Å². The van der Waals surface area contributed by atoms with Gasteiger partial charge in [0.15, 0.2) is 0 Å². The van der Waals surface area contributed by atoms with Crippen LogP contribution in [0.2, 0.25) is 0 Å². The Labute approximate surface area is 435 Å². The Bertz CT molecular complexity index is 1150. The smallest absolute Gasteiger partial charge is 0.0195 e. The third-order valence-electron chi connectivity index (χ3n) is 14.8. The minimum atomic E-state index is -0.167. The molecule has 2 aromatic rings. The van der Waals surface area contributed by atoms with Crippen LogP contribution in [0, 0.1) is 0 Å². The highest BCUT2D eigenvalue weighted by Gasteiger charge is 2.30. The number of hydrogen-bond acceptors (Lipinski definition) is 0. The average molecular weight is 1010 g/mol. The molecule has 2 aliphatic carbocycles. The Morgan fingerprint density at radius 2 is 0.632 bits per heavy atom. The van der Waals surface area contributed by atoms with Crippen LogP contribution in [0.3, 0.4) is 0 Å². The van der Waals surface area contributed by atoms with E-state index in [1.165, 1.54) is 220 Å². The summed E-state index contributed by atoms with van der Waals surface area (Å²) < 4.78 is 0. The molecule has 0 nitrogen and oxygen atoms in total. The molecule has 4 rings (SSSR count). The van der Waals surface area contributed by atoms with E-state index in [-0.39, 0.29) is 7.92 Å². The van der Waals surface area contributed by atoms with Gasteiger partial charge in [-0.3, -0.25) is 0 Å². The van der Waals surface area contributed by atoms with Gasteiger partial charge in [0.1, 0.15) is 0 Å². The second kappa shape index (κ2) is 52.0. The predicted octanol–water partition coefficient (Wildman–Crippen LogP) is 22.6. The van der Waals surface area contributed by atoms with Crippen LogP contribution in [0.4, 0.5) is 0 Å². The van der Waals surface area contributed by atoms with E-state index in [0.717, 1.165) is 0 Å². The van der Waals surface area contributed by atoms with Crippen molar-refractivity contribution in [3.63, 3.8) is 0 Å². The van der Waals surface area contributed by atoms with E-state index in [2.05, 4.69) is 111 Å². The summed E-state index contributed by atoms with van der Waals surface area (Å²) in [4.78, 5) is 0. The van der Waals surface area contributed by atoms with Crippen molar-refractivity contribution >= 4 is 43.6 Å². The maximum absolute atomic E-state index is 2.75. The summed E-state index contributed by atoms with van der Waals surface area (Å²) in [7, 11) is 3.34. The first-order valence-electron chi connectivity index (χ1n) is 30.6. The first kappa shape index (κ1) is 66.2. The van der Waals surface area contributed by atoms with E-state index in [1.807, 2.05) is 0 Å². The van der Waals surface area contributed by atoms with Crippen LogP contribution < -0.4 is 10.6 Å². The summed E-state index contributed by atoms with van der Waals surface area (Å²) in [6.45, 7) is 13.8. The quantitative estimate of drug-likeness (QED) is 0.0467. The van der Waals surface area contributed by atoms with Crippen molar-refractivity contribution in [1.29, 1.82) is 0 Å². The van der Waals surface area contributed by atoms with E-state index < -0.39 is 0 Å². The fraction of sp³-hybridized carbons (Fsp3) is 0.812. The Kier molecular flexibility index (Phi) is 50.6. The van der Waals surface area contributed by atoms with E-state index >= 15 is 0 Å². The van der Waals surface area contributed by atoms with Crippen LogP contribution in [0.5, 0.6) is 0 Å². The fourth-order valence-corrected chi connectivity index (χ4v) is 19.8. The molecule has 2 saturated carbocycles. The molecule has 2 aromatic carbocycles.